The van der Waals surface area contributed by atoms with Crippen molar-refractivity contribution < 1.29 is 4.79 Å². The van der Waals surface area contributed by atoms with Crippen LogP contribution in [0.2, 0.25) is 0 Å². The van der Waals surface area contributed by atoms with Gasteiger partial charge in [-0.25, -0.2) is 0 Å². The van der Waals surface area contributed by atoms with Crippen LogP contribution in [-0.2, 0) is 4.79 Å². The van der Waals surface area contributed by atoms with E-state index in [0.717, 1.165) is 16.1 Å². The van der Waals surface area contributed by atoms with Gasteiger partial charge in [0.05, 0.1) is 5.00 Å². The summed E-state index contributed by atoms with van der Waals surface area (Å²) in [6.45, 7) is 4.14. The molecule has 0 saturated carbocycles. The summed E-state index contributed by atoms with van der Waals surface area (Å²) in [5.74, 6) is 0.114. The molecule has 0 aliphatic heterocycles. The van der Waals surface area contributed by atoms with Crippen molar-refractivity contribution in [1.82, 2.24) is 0 Å². The van der Waals surface area contributed by atoms with Gasteiger partial charge in [0.2, 0.25) is 5.91 Å². The Balaban J connectivity index is 1.80. The molecule has 3 aromatic rings. The quantitative estimate of drug-likeness (QED) is 0.653. The highest BCUT2D eigenvalue weighted by Gasteiger charge is 2.18. The number of anilines is 1. The molecule has 0 bridgehead atoms. The first-order chi connectivity index (χ1) is 11.6. The van der Waals surface area contributed by atoms with Crippen LogP contribution in [0.15, 0.2) is 66.7 Å². The summed E-state index contributed by atoms with van der Waals surface area (Å²) in [4.78, 5) is 13.8. The number of carbonyl (C=O) groups is 1. The SMILES string of the molecule is Cc1cc(NC(=O)CC(c2ccccc2)c2ccccc2)sc1C. The molecule has 1 heterocycles. The molecule has 0 unspecified atom stereocenters. The molecule has 3 heteroatoms. The van der Waals surface area contributed by atoms with Gasteiger partial charge in [0, 0.05) is 17.2 Å². The zero-order valence-electron chi connectivity index (χ0n) is 14.0. The van der Waals surface area contributed by atoms with Crippen molar-refractivity contribution in [2.45, 2.75) is 26.2 Å². The minimum Gasteiger partial charge on any atom is -0.318 e. The van der Waals surface area contributed by atoms with E-state index < -0.39 is 0 Å². The molecule has 2 nitrogen and oxygen atoms in total. The number of aryl methyl sites for hydroxylation is 2. The lowest BCUT2D eigenvalue weighted by molar-refractivity contribution is -0.116. The zero-order valence-corrected chi connectivity index (χ0v) is 14.8. The maximum absolute atomic E-state index is 12.6. The minimum atomic E-state index is 0.0500. The molecule has 0 aliphatic rings. The lowest BCUT2D eigenvalue weighted by Gasteiger charge is -2.17. The Bertz CT molecular complexity index is 749. The van der Waals surface area contributed by atoms with E-state index >= 15 is 0 Å². The summed E-state index contributed by atoms with van der Waals surface area (Å²) < 4.78 is 0. The molecule has 1 amide bonds. The van der Waals surface area contributed by atoms with E-state index in [-0.39, 0.29) is 11.8 Å². The number of hydrogen-bond acceptors (Lipinski definition) is 2. The molecule has 0 fully saturated rings. The van der Waals surface area contributed by atoms with Crippen LogP contribution in [0, 0.1) is 13.8 Å². The summed E-state index contributed by atoms with van der Waals surface area (Å²) >= 11 is 1.63. The first-order valence-corrected chi connectivity index (χ1v) is 8.92. The number of thiophene rings is 1. The Hall–Kier alpha value is -2.39. The third kappa shape index (κ3) is 3.92. The van der Waals surface area contributed by atoms with Crippen LogP contribution in [0.3, 0.4) is 0 Å². The normalized spacial score (nSPS) is 10.8. The van der Waals surface area contributed by atoms with E-state index in [4.69, 9.17) is 0 Å². The van der Waals surface area contributed by atoms with Crippen molar-refractivity contribution in [2.24, 2.45) is 0 Å². The molecule has 3 rings (SSSR count). The Labute approximate surface area is 147 Å². The Morgan fingerprint density at radius 2 is 1.50 bits per heavy atom. The minimum absolute atomic E-state index is 0.0500. The first-order valence-electron chi connectivity index (χ1n) is 8.10. The second-order valence-corrected chi connectivity index (χ2v) is 7.23. The van der Waals surface area contributed by atoms with Crippen LogP contribution in [0.25, 0.3) is 0 Å². The fourth-order valence-electron chi connectivity index (χ4n) is 2.81. The lowest BCUT2D eigenvalue weighted by atomic mass is 9.88. The number of carbonyl (C=O) groups excluding carboxylic acids is 1. The number of benzene rings is 2. The van der Waals surface area contributed by atoms with Crippen molar-refractivity contribution >= 4 is 22.2 Å². The second-order valence-electron chi connectivity index (χ2n) is 5.98. The molecule has 0 saturated heterocycles. The largest absolute Gasteiger partial charge is 0.318 e. The van der Waals surface area contributed by atoms with Crippen molar-refractivity contribution in [1.29, 1.82) is 0 Å². The first kappa shape index (κ1) is 16.5. The van der Waals surface area contributed by atoms with Crippen molar-refractivity contribution in [3.8, 4) is 0 Å². The predicted octanol–water partition coefficient (Wildman–Crippen LogP) is 5.53. The summed E-state index contributed by atoms with van der Waals surface area (Å²) in [6.07, 6.45) is 0.435. The number of rotatable bonds is 5. The van der Waals surface area contributed by atoms with E-state index in [1.807, 2.05) is 42.5 Å². The van der Waals surface area contributed by atoms with Crippen LogP contribution in [0.1, 0.15) is 33.9 Å². The molecule has 1 aromatic heterocycles. The highest BCUT2D eigenvalue weighted by Crippen LogP contribution is 2.30. The second kappa shape index (κ2) is 7.45. The van der Waals surface area contributed by atoms with E-state index in [1.54, 1.807) is 11.3 Å². The van der Waals surface area contributed by atoms with Crippen molar-refractivity contribution in [2.75, 3.05) is 5.32 Å². The summed E-state index contributed by atoms with van der Waals surface area (Å²) in [6, 6.07) is 22.5. The van der Waals surface area contributed by atoms with Crippen molar-refractivity contribution in [3.63, 3.8) is 0 Å². The van der Waals surface area contributed by atoms with E-state index in [2.05, 4.69) is 43.4 Å². The van der Waals surface area contributed by atoms with E-state index in [1.165, 1.54) is 10.4 Å². The molecule has 0 aliphatic carbocycles. The molecule has 24 heavy (non-hydrogen) atoms. The summed E-state index contributed by atoms with van der Waals surface area (Å²) in [5, 5.41) is 3.98. The van der Waals surface area contributed by atoms with Gasteiger partial charge in [-0.15, -0.1) is 11.3 Å². The van der Waals surface area contributed by atoms with Crippen LogP contribution in [-0.4, -0.2) is 5.91 Å². The molecule has 2 aromatic carbocycles. The third-order valence-electron chi connectivity index (χ3n) is 4.22. The monoisotopic (exact) mass is 335 g/mol. The van der Waals surface area contributed by atoms with Crippen LogP contribution < -0.4 is 5.32 Å². The molecule has 0 atom stereocenters. The number of nitrogens with one attached hydrogen (secondary N) is 1. The molecular formula is C21H21NOS. The maximum atomic E-state index is 12.6. The Morgan fingerprint density at radius 1 is 0.958 bits per heavy atom. The van der Waals surface area contributed by atoms with Gasteiger partial charge >= 0.3 is 0 Å². The highest BCUT2D eigenvalue weighted by atomic mass is 32.1. The van der Waals surface area contributed by atoms with E-state index in [0.29, 0.717) is 6.42 Å². The summed E-state index contributed by atoms with van der Waals surface area (Å²) in [5.41, 5.74) is 3.55. The van der Waals surface area contributed by atoms with Crippen LogP contribution in [0.5, 0.6) is 0 Å². The summed E-state index contributed by atoms with van der Waals surface area (Å²) in [7, 11) is 0. The van der Waals surface area contributed by atoms with Gasteiger partial charge < -0.3 is 5.32 Å². The smallest absolute Gasteiger partial charge is 0.225 e. The third-order valence-corrected chi connectivity index (χ3v) is 5.29. The lowest BCUT2D eigenvalue weighted by Crippen LogP contribution is -2.15. The number of hydrogen-bond donors (Lipinski definition) is 1. The fourth-order valence-corrected chi connectivity index (χ4v) is 3.76. The van der Waals surface area contributed by atoms with Gasteiger partial charge in [-0.3, -0.25) is 4.79 Å². The standard InChI is InChI=1S/C21H21NOS/c1-15-13-21(24-16(15)2)22-20(23)14-19(17-9-5-3-6-10-17)18-11-7-4-8-12-18/h3-13,19H,14H2,1-2H3,(H,22,23). The fraction of sp³-hybridized carbons (Fsp3) is 0.190. The molecule has 122 valence electrons. The van der Waals surface area contributed by atoms with Gasteiger partial charge in [-0.05, 0) is 36.6 Å². The molecule has 0 spiro atoms. The Morgan fingerprint density at radius 3 is 1.96 bits per heavy atom. The van der Waals surface area contributed by atoms with E-state index in [9.17, 15) is 4.79 Å². The average molecular weight is 335 g/mol. The highest BCUT2D eigenvalue weighted by molar-refractivity contribution is 7.16. The maximum Gasteiger partial charge on any atom is 0.225 e. The average Bonchev–Trinajstić information content (AvgIpc) is 2.91. The number of amides is 1. The van der Waals surface area contributed by atoms with Gasteiger partial charge in [-0.1, -0.05) is 60.7 Å². The molecule has 1 N–H and O–H groups in total. The van der Waals surface area contributed by atoms with Gasteiger partial charge in [0.15, 0.2) is 0 Å². The van der Waals surface area contributed by atoms with Crippen LogP contribution in [0.4, 0.5) is 5.00 Å². The Kier molecular flexibility index (Phi) is 5.11. The van der Waals surface area contributed by atoms with Gasteiger partial charge in [-0.2, -0.15) is 0 Å². The zero-order chi connectivity index (χ0) is 16.9. The van der Waals surface area contributed by atoms with Crippen LogP contribution >= 0.6 is 11.3 Å². The van der Waals surface area contributed by atoms with Gasteiger partial charge in [0.1, 0.15) is 0 Å². The molecule has 0 radical (unpaired) electrons. The predicted molar refractivity (Wildman–Crippen MR) is 102 cm³/mol. The van der Waals surface area contributed by atoms with Gasteiger partial charge in [0.25, 0.3) is 0 Å². The topological polar surface area (TPSA) is 29.1 Å². The molecular weight excluding hydrogens is 314 g/mol. The van der Waals surface area contributed by atoms with Crippen molar-refractivity contribution in [3.05, 3.63) is 88.3 Å².